The molecule has 1 N–H and O–H groups in total. The van der Waals surface area contributed by atoms with Crippen molar-refractivity contribution in [2.45, 2.75) is 26.7 Å². The molecule has 1 fully saturated rings. The van der Waals surface area contributed by atoms with Gasteiger partial charge in [0, 0.05) is 44.4 Å². The van der Waals surface area contributed by atoms with Crippen molar-refractivity contribution < 1.29 is 18.0 Å². The zero-order valence-electron chi connectivity index (χ0n) is 14.7. The predicted molar refractivity (Wildman–Crippen MR) is 96.9 cm³/mol. The first kappa shape index (κ1) is 19.4. The molecular weight excluding hydrogens is 342 g/mol. The maximum atomic E-state index is 12.5. The third-order valence-electron chi connectivity index (χ3n) is 4.13. The number of anilines is 1. The molecule has 0 radical (unpaired) electrons. The van der Waals surface area contributed by atoms with Crippen molar-refractivity contribution >= 4 is 27.5 Å². The van der Waals surface area contributed by atoms with Crippen LogP contribution < -0.4 is 5.32 Å². The zero-order valence-corrected chi connectivity index (χ0v) is 15.5. The molecule has 138 valence electrons. The summed E-state index contributed by atoms with van der Waals surface area (Å²) in [6, 6.07) is 6.69. The third-order valence-corrected chi connectivity index (χ3v) is 6.08. The molecule has 0 aliphatic carbocycles. The Bertz CT molecular complexity index is 708. The van der Waals surface area contributed by atoms with Crippen LogP contribution in [0.3, 0.4) is 0 Å². The van der Waals surface area contributed by atoms with Gasteiger partial charge in [-0.1, -0.05) is 13.3 Å². The van der Waals surface area contributed by atoms with Crippen LogP contribution >= 0.6 is 0 Å². The molecule has 1 aromatic carbocycles. The van der Waals surface area contributed by atoms with Crippen molar-refractivity contribution in [3.05, 3.63) is 29.8 Å². The molecule has 1 saturated heterocycles. The van der Waals surface area contributed by atoms with Crippen molar-refractivity contribution in [1.29, 1.82) is 0 Å². The number of rotatable bonds is 6. The number of benzene rings is 1. The first-order valence-electron chi connectivity index (χ1n) is 8.48. The topological polar surface area (TPSA) is 86.8 Å². The minimum Gasteiger partial charge on any atom is -0.336 e. The highest BCUT2D eigenvalue weighted by Gasteiger charge is 2.28. The average Bonchev–Trinajstić information content (AvgIpc) is 2.60. The molecule has 0 unspecified atom stereocenters. The van der Waals surface area contributed by atoms with Crippen LogP contribution in [0.15, 0.2) is 24.3 Å². The number of hydrogen-bond acceptors (Lipinski definition) is 4. The smallest absolute Gasteiger partial charge is 0.253 e. The number of hydrogen-bond donors (Lipinski definition) is 1. The molecule has 1 aliphatic rings. The lowest BCUT2D eigenvalue weighted by atomic mass is 10.1. The van der Waals surface area contributed by atoms with Crippen LogP contribution in [0.2, 0.25) is 0 Å². The van der Waals surface area contributed by atoms with E-state index in [1.165, 1.54) is 11.2 Å². The summed E-state index contributed by atoms with van der Waals surface area (Å²) < 4.78 is 25.9. The Balaban J connectivity index is 1.94. The monoisotopic (exact) mass is 367 g/mol. The predicted octanol–water partition coefficient (Wildman–Crippen LogP) is 1.53. The maximum Gasteiger partial charge on any atom is 0.253 e. The van der Waals surface area contributed by atoms with Gasteiger partial charge in [0.25, 0.3) is 5.91 Å². The highest BCUT2D eigenvalue weighted by molar-refractivity contribution is 7.89. The summed E-state index contributed by atoms with van der Waals surface area (Å²) in [5.74, 6) is -0.123. The first-order chi connectivity index (χ1) is 11.8. The second-order valence-electron chi connectivity index (χ2n) is 6.12. The normalized spacial score (nSPS) is 15.8. The number of sulfonamides is 1. The average molecular weight is 367 g/mol. The maximum absolute atomic E-state index is 12.5. The van der Waals surface area contributed by atoms with Crippen LogP contribution in [0.4, 0.5) is 5.69 Å². The van der Waals surface area contributed by atoms with E-state index in [0.717, 1.165) is 6.42 Å². The van der Waals surface area contributed by atoms with Gasteiger partial charge < -0.3 is 10.2 Å². The molecule has 8 heteroatoms. The van der Waals surface area contributed by atoms with Gasteiger partial charge in [0.15, 0.2) is 0 Å². The number of unbranched alkanes of at least 4 members (excludes halogenated alkanes) is 1. The van der Waals surface area contributed by atoms with Crippen LogP contribution in [-0.4, -0.2) is 61.4 Å². The van der Waals surface area contributed by atoms with Crippen molar-refractivity contribution in [2.24, 2.45) is 0 Å². The van der Waals surface area contributed by atoms with Crippen molar-refractivity contribution in [3.63, 3.8) is 0 Å². The molecule has 1 aliphatic heterocycles. The van der Waals surface area contributed by atoms with E-state index in [1.807, 2.05) is 6.92 Å². The van der Waals surface area contributed by atoms with E-state index < -0.39 is 10.0 Å². The summed E-state index contributed by atoms with van der Waals surface area (Å²) in [7, 11) is -3.22. The number of carbonyl (C=O) groups is 2. The molecule has 0 atom stereocenters. The van der Waals surface area contributed by atoms with Crippen LogP contribution in [0.5, 0.6) is 0 Å². The molecular formula is C17H25N3O4S. The van der Waals surface area contributed by atoms with Crippen LogP contribution in [0, 0.1) is 0 Å². The Morgan fingerprint density at radius 2 is 1.68 bits per heavy atom. The van der Waals surface area contributed by atoms with Gasteiger partial charge >= 0.3 is 0 Å². The summed E-state index contributed by atoms with van der Waals surface area (Å²) >= 11 is 0. The number of nitrogens with zero attached hydrogens (tertiary/aromatic N) is 2. The number of amides is 2. The lowest BCUT2D eigenvalue weighted by molar-refractivity contribution is -0.114. The van der Waals surface area contributed by atoms with Gasteiger partial charge in [-0.3, -0.25) is 9.59 Å². The highest BCUT2D eigenvalue weighted by atomic mass is 32.2. The molecule has 1 heterocycles. The largest absolute Gasteiger partial charge is 0.336 e. The fourth-order valence-corrected chi connectivity index (χ4v) is 4.34. The molecule has 0 aromatic heterocycles. The molecule has 0 spiro atoms. The summed E-state index contributed by atoms with van der Waals surface area (Å²) in [5.41, 5.74) is 1.16. The highest BCUT2D eigenvalue weighted by Crippen LogP contribution is 2.15. The number of piperazine rings is 1. The van der Waals surface area contributed by atoms with Crippen LogP contribution in [0.25, 0.3) is 0 Å². The summed E-state index contributed by atoms with van der Waals surface area (Å²) in [6.07, 6.45) is 1.49. The fraction of sp³-hybridized carbons (Fsp3) is 0.529. The van der Waals surface area contributed by atoms with E-state index in [2.05, 4.69) is 5.32 Å². The number of nitrogens with one attached hydrogen (secondary N) is 1. The van der Waals surface area contributed by atoms with Gasteiger partial charge in [0.05, 0.1) is 5.75 Å². The molecule has 2 amide bonds. The lowest BCUT2D eigenvalue weighted by Crippen LogP contribution is -2.51. The van der Waals surface area contributed by atoms with E-state index in [9.17, 15) is 18.0 Å². The van der Waals surface area contributed by atoms with Gasteiger partial charge in [-0.15, -0.1) is 0 Å². The minimum absolute atomic E-state index is 0.125. The third kappa shape index (κ3) is 5.27. The van der Waals surface area contributed by atoms with Crippen molar-refractivity contribution in [1.82, 2.24) is 9.21 Å². The van der Waals surface area contributed by atoms with Gasteiger partial charge in [0.2, 0.25) is 15.9 Å². The molecule has 0 bridgehead atoms. The molecule has 1 aromatic rings. The van der Waals surface area contributed by atoms with Crippen LogP contribution in [-0.2, 0) is 14.8 Å². The summed E-state index contributed by atoms with van der Waals surface area (Å²) in [5, 5.41) is 2.65. The summed E-state index contributed by atoms with van der Waals surface area (Å²) in [4.78, 5) is 25.2. The first-order valence-corrected chi connectivity index (χ1v) is 10.1. The van der Waals surface area contributed by atoms with Gasteiger partial charge in [-0.25, -0.2) is 8.42 Å². The van der Waals surface area contributed by atoms with Crippen molar-refractivity contribution in [2.75, 3.05) is 37.2 Å². The Labute approximate surface area is 149 Å². The molecule has 25 heavy (non-hydrogen) atoms. The van der Waals surface area contributed by atoms with Gasteiger partial charge in [0.1, 0.15) is 0 Å². The lowest BCUT2D eigenvalue weighted by Gasteiger charge is -2.34. The minimum atomic E-state index is -3.22. The van der Waals surface area contributed by atoms with Crippen LogP contribution in [0.1, 0.15) is 37.0 Å². The van der Waals surface area contributed by atoms with Gasteiger partial charge in [-0.2, -0.15) is 4.31 Å². The molecule has 7 nitrogen and oxygen atoms in total. The van der Waals surface area contributed by atoms with Crippen molar-refractivity contribution in [3.8, 4) is 0 Å². The molecule has 2 rings (SSSR count). The van der Waals surface area contributed by atoms with E-state index >= 15 is 0 Å². The fourth-order valence-electron chi connectivity index (χ4n) is 2.71. The summed E-state index contributed by atoms with van der Waals surface area (Å²) in [6.45, 7) is 4.83. The zero-order chi connectivity index (χ0) is 18.4. The quantitative estimate of drug-likeness (QED) is 0.826. The second kappa shape index (κ2) is 8.44. The Hall–Kier alpha value is -1.93. The molecule has 0 saturated carbocycles. The van der Waals surface area contributed by atoms with E-state index in [-0.39, 0.29) is 17.6 Å². The van der Waals surface area contributed by atoms with E-state index in [0.29, 0.717) is 43.9 Å². The second-order valence-corrected chi connectivity index (χ2v) is 8.21. The Morgan fingerprint density at radius 3 is 2.20 bits per heavy atom. The van der Waals surface area contributed by atoms with E-state index in [1.54, 1.807) is 29.2 Å². The SMILES string of the molecule is CCCCS(=O)(=O)N1CCN(C(=O)c2ccc(NC(C)=O)cc2)CC1. The van der Waals surface area contributed by atoms with E-state index in [4.69, 9.17) is 0 Å². The standard InChI is InChI=1S/C17H25N3O4S/c1-3-4-13-25(23,24)20-11-9-19(10-12-20)17(22)15-5-7-16(8-6-15)18-14(2)21/h5-8H,3-4,9-13H2,1-2H3,(H,18,21). The Kier molecular flexibility index (Phi) is 6.55. The van der Waals surface area contributed by atoms with Gasteiger partial charge in [-0.05, 0) is 30.7 Å². The number of carbonyl (C=O) groups excluding carboxylic acids is 2. The Morgan fingerprint density at radius 1 is 1.08 bits per heavy atom.